The number of hydrogen-bond donors (Lipinski definition) is 1. The molecule has 9 heteroatoms. The summed E-state index contributed by atoms with van der Waals surface area (Å²) in [7, 11) is 0. The molecular formula is C20H18F3N3O3. The molecule has 1 fully saturated rings. The van der Waals surface area contributed by atoms with Gasteiger partial charge in [-0.25, -0.2) is 14.5 Å². The first-order valence-electron chi connectivity index (χ1n) is 9.16. The highest BCUT2D eigenvalue weighted by molar-refractivity contribution is 5.87. The van der Waals surface area contributed by atoms with Crippen LogP contribution in [0.15, 0.2) is 42.7 Å². The van der Waals surface area contributed by atoms with Gasteiger partial charge < -0.3 is 9.84 Å². The van der Waals surface area contributed by atoms with Crippen LogP contribution in [-0.2, 0) is 11.2 Å². The lowest BCUT2D eigenvalue weighted by atomic mass is 9.79. The minimum absolute atomic E-state index is 0.0151. The number of alkyl halides is 3. The molecule has 0 atom stereocenters. The Morgan fingerprint density at radius 2 is 1.93 bits per heavy atom. The lowest BCUT2D eigenvalue weighted by molar-refractivity contribution is -0.304. The molecular weight excluding hydrogens is 387 g/mol. The van der Waals surface area contributed by atoms with Crippen LogP contribution in [-0.4, -0.2) is 44.2 Å². The van der Waals surface area contributed by atoms with E-state index in [0.717, 1.165) is 10.9 Å². The van der Waals surface area contributed by atoms with E-state index in [2.05, 4.69) is 10.1 Å². The molecule has 29 heavy (non-hydrogen) atoms. The molecule has 1 aliphatic rings. The number of carboxylic acid groups (broad SMARTS) is 1. The van der Waals surface area contributed by atoms with Crippen LogP contribution in [0.4, 0.5) is 13.2 Å². The maximum atomic E-state index is 13.1. The fourth-order valence-electron chi connectivity index (χ4n) is 3.41. The van der Waals surface area contributed by atoms with Crippen LogP contribution in [0.25, 0.3) is 16.7 Å². The molecule has 0 bridgehead atoms. The number of fused-ring (bicyclic) bond motifs is 1. The average molecular weight is 405 g/mol. The van der Waals surface area contributed by atoms with Gasteiger partial charge in [0, 0.05) is 11.6 Å². The zero-order chi connectivity index (χ0) is 20.6. The fourth-order valence-corrected chi connectivity index (χ4v) is 3.41. The van der Waals surface area contributed by atoms with Crippen molar-refractivity contribution in [2.75, 3.05) is 6.61 Å². The molecule has 0 saturated heterocycles. The molecule has 1 aromatic carbocycles. The molecule has 2 aromatic heterocycles. The van der Waals surface area contributed by atoms with Crippen molar-refractivity contribution in [3.05, 3.63) is 53.9 Å². The van der Waals surface area contributed by atoms with E-state index in [1.807, 2.05) is 6.07 Å². The number of aromatic nitrogens is 3. The highest BCUT2D eigenvalue weighted by Gasteiger charge is 2.59. The Kier molecular flexibility index (Phi) is 4.77. The van der Waals surface area contributed by atoms with Crippen LogP contribution in [0.3, 0.4) is 0 Å². The second-order valence-electron chi connectivity index (χ2n) is 7.11. The topological polar surface area (TPSA) is 77.2 Å². The van der Waals surface area contributed by atoms with Crippen LogP contribution >= 0.6 is 0 Å². The number of ether oxygens (including phenoxy) is 1. The number of carbonyl (C=O) groups is 1. The molecule has 0 unspecified atom stereocenters. The average Bonchev–Trinajstić information content (AvgIpc) is 3.06. The second-order valence-corrected chi connectivity index (χ2v) is 7.11. The van der Waals surface area contributed by atoms with E-state index in [1.54, 1.807) is 29.2 Å². The van der Waals surface area contributed by atoms with E-state index in [4.69, 9.17) is 9.84 Å². The Labute approximate surface area is 163 Å². The Morgan fingerprint density at radius 3 is 2.52 bits per heavy atom. The largest absolute Gasteiger partial charge is 0.478 e. The van der Waals surface area contributed by atoms with Gasteiger partial charge in [0.2, 0.25) is 0 Å². The third-order valence-corrected chi connectivity index (χ3v) is 5.27. The summed E-state index contributed by atoms with van der Waals surface area (Å²) in [6, 6.07) is 8.05. The van der Waals surface area contributed by atoms with E-state index in [0.29, 0.717) is 24.2 Å². The molecule has 0 spiro atoms. The highest BCUT2D eigenvalue weighted by Crippen LogP contribution is 2.48. The lowest BCUT2D eigenvalue weighted by Crippen LogP contribution is -2.53. The standard InChI is InChI=1S/C20H18F3N3O3/c21-20(22,23)19(7-1-8-19)29-9-6-13-10-15-12-25-26(17(15)24-11-13)16-4-2-14(3-5-16)18(27)28/h2-5,10-12H,1,6-9H2,(H,27,28). The van der Waals surface area contributed by atoms with Gasteiger partial charge in [-0.3, -0.25) is 0 Å². The SMILES string of the molecule is O=C(O)c1ccc(-n2ncc3cc(CCOC4(C(F)(F)F)CCC4)cnc32)cc1. The quantitative estimate of drug-likeness (QED) is 0.666. The van der Waals surface area contributed by atoms with E-state index in [-0.39, 0.29) is 25.0 Å². The Hall–Kier alpha value is -2.94. The van der Waals surface area contributed by atoms with Crippen LogP contribution in [0.5, 0.6) is 0 Å². The summed E-state index contributed by atoms with van der Waals surface area (Å²) in [6.07, 6.45) is -0.260. The molecule has 2 heterocycles. The number of rotatable bonds is 6. The predicted octanol–water partition coefficient (Wildman–Crippen LogP) is 4.16. The summed E-state index contributed by atoms with van der Waals surface area (Å²) in [5.74, 6) is -1.01. The van der Waals surface area contributed by atoms with Gasteiger partial charge in [-0.05, 0) is 61.6 Å². The monoisotopic (exact) mass is 405 g/mol. The van der Waals surface area contributed by atoms with Gasteiger partial charge in [-0.1, -0.05) is 0 Å². The van der Waals surface area contributed by atoms with Gasteiger partial charge >= 0.3 is 12.1 Å². The van der Waals surface area contributed by atoms with Crippen LogP contribution in [0, 0.1) is 0 Å². The number of aromatic carboxylic acids is 1. The summed E-state index contributed by atoms with van der Waals surface area (Å²) < 4.78 is 46.2. The summed E-state index contributed by atoms with van der Waals surface area (Å²) >= 11 is 0. The zero-order valence-electron chi connectivity index (χ0n) is 15.3. The third-order valence-electron chi connectivity index (χ3n) is 5.27. The molecule has 0 amide bonds. The van der Waals surface area contributed by atoms with Crippen molar-refractivity contribution in [2.24, 2.45) is 0 Å². The Morgan fingerprint density at radius 1 is 1.21 bits per heavy atom. The lowest BCUT2D eigenvalue weighted by Gasteiger charge is -2.42. The fraction of sp³-hybridized carbons (Fsp3) is 0.350. The molecule has 1 aliphatic carbocycles. The first kappa shape index (κ1) is 19.4. The van der Waals surface area contributed by atoms with Gasteiger partial charge in [0.15, 0.2) is 11.2 Å². The molecule has 152 valence electrons. The number of pyridine rings is 1. The maximum absolute atomic E-state index is 13.1. The van der Waals surface area contributed by atoms with Gasteiger partial charge in [-0.2, -0.15) is 18.3 Å². The minimum atomic E-state index is -4.34. The van der Waals surface area contributed by atoms with E-state index >= 15 is 0 Å². The molecule has 0 aliphatic heterocycles. The minimum Gasteiger partial charge on any atom is -0.478 e. The van der Waals surface area contributed by atoms with Crippen molar-refractivity contribution in [3.63, 3.8) is 0 Å². The zero-order valence-corrected chi connectivity index (χ0v) is 15.3. The highest BCUT2D eigenvalue weighted by atomic mass is 19.4. The Bertz CT molecular complexity index is 1040. The van der Waals surface area contributed by atoms with Crippen LogP contribution in [0.1, 0.15) is 35.2 Å². The van der Waals surface area contributed by atoms with Crippen molar-refractivity contribution in [1.82, 2.24) is 14.8 Å². The Balaban J connectivity index is 1.47. The van der Waals surface area contributed by atoms with Crippen molar-refractivity contribution in [2.45, 2.75) is 37.5 Å². The number of halogens is 3. The van der Waals surface area contributed by atoms with Gasteiger partial charge in [0.05, 0.1) is 24.1 Å². The van der Waals surface area contributed by atoms with Crippen LogP contribution < -0.4 is 0 Å². The molecule has 1 saturated carbocycles. The van der Waals surface area contributed by atoms with E-state index < -0.39 is 17.7 Å². The van der Waals surface area contributed by atoms with E-state index in [9.17, 15) is 18.0 Å². The predicted molar refractivity (Wildman–Crippen MR) is 98.1 cm³/mol. The summed E-state index contributed by atoms with van der Waals surface area (Å²) in [6.45, 7) is -0.0303. The second kappa shape index (κ2) is 7.14. The maximum Gasteiger partial charge on any atom is 0.417 e. The normalized spacial score (nSPS) is 16.0. The summed E-state index contributed by atoms with van der Waals surface area (Å²) in [5, 5.41) is 14.0. The van der Waals surface area contributed by atoms with Gasteiger partial charge in [-0.15, -0.1) is 0 Å². The molecule has 0 radical (unpaired) electrons. The van der Waals surface area contributed by atoms with Gasteiger partial charge in [0.1, 0.15) is 0 Å². The van der Waals surface area contributed by atoms with Crippen molar-refractivity contribution < 1.29 is 27.8 Å². The summed E-state index contributed by atoms with van der Waals surface area (Å²) in [4.78, 5) is 15.3. The molecule has 4 rings (SSSR count). The van der Waals surface area contributed by atoms with Gasteiger partial charge in [0.25, 0.3) is 0 Å². The number of nitrogens with zero attached hydrogens (tertiary/aromatic N) is 3. The van der Waals surface area contributed by atoms with Crippen molar-refractivity contribution in [3.8, 4) is 5.69 Å². The number of benzene rings is 1. The third kappa shape index (κ3) is 3.57. The summed E-state index contributed by atoms with van der Waals surface area (Å²) in [5.41, 5.74) is 0.171. The first-order chi connectivity index (χ1) is 13.8. The van der Waals surface area contributed by atoms with Crippen LogP contribution in [0.2, 0.25) is 0 Å². The smallest absolute Gasteiger partial charge is 0.417 e. The van der Waals surface area contributed by atoms with Crippen molar-refractivity contribution >= 4 is 17.0 Å². The number of carboxylic acids is 1. The first-order valence-corrected chi connectivity index (χ1v) is 9.16. The van der Waals surface area contributed by atoms with Crippen molar-refractivity contribution in [1.29, 1.82) is 0 Å². The molecule has 6 nitrogen and oxygen atoms in total. The molecule has 3 aromatic rings. The van der Waals surface area contributed by atoms with E-state index in [1.165, 1.54) is 12.1 Å². The molecule has 1 N–H and O–H groups in total. The number of hydrogen-bond acceptors (Lipinski definition) is 4.